The third-order valence-corrected chi connectivity index (χ3v) is 3.30. The van der Waals surface area contributed by atoms with Gasteiger partial charge in [-0.15, -0.1) is 0 Å². The fraction of sp³-hybridized carbons (Fsp3) is 0.643. The van der Waals surface area contributed by atoms with Gasteiger partial charge < -0.3 is 4.57 Å². The van der Waals surface area contributed by atoms with Crippen molar-refractivity contribution in [3.05, 3.63) is 23.5 Å². The van der Waals surface area contributed by atoms with E-state index >= 15 is 0 Å². The molecule has 1 aliphatic rings. The molecule has 1 heterocycles. The number of ketones is 1. The van der Waals surface area contributed by atoms with Gasteiger partial charge in [0.2, 0.25) is 0 Å². The van der Waals surface area contributed by atoms with Crippen LogP contribution in [0.25, 0.3) is 0 Å². The van der Waals surface area contributed by atoms with E-state index in [9.17, 15) is 4.79 Å². The van der Waals surface area contributed by atoms with E-state index in [1.807, 2.05) is 6.07 Å². The lowest BCUT2D eigenvalue weighted by molar-refractivity contribution is 0.0971. The zero-order valence-corrected chi connectivity index (χ0v) is 10.5. The molecule has 0 unspecified atom stereocenters. The SMILES string of the molecule is CC(C)(C)CCn1ccc2c1CCCC2=O. The van der Waals surface area contributed by atoms with Crippen LogP contribution in [0.15, 0.2) is 12.3 Å². The van der Waals surface area contributed by atoms with E-state index in [4.69, 9.17) is 0 Å². The Morgan fingerprint density at radius 2 is 2.06 bits per heavy atom. The summed E-state index contributed by atoms with van der Waals surface area (Å²) in [5.74, 6) is 0.329. The highest BCUT2D eigenvalue weighted by molar-refractivity contribution is 5.98. The van der Waals surface area contributed by atoms with Gasteiger partial charge in [-0.3, -0.25) is 4.79 Å². The molecule has 1 aromatic rings. The van der Waals surface area contributed by atoms with Crippen molar-refractivity contribution in [1.29, 1.82) is 0 Å². The van der Waals surface area contributed by atoms with Crippen LogP contribution in [-0.2, 0) is 13.0 Å². The maximum Gasteiger partial charge on any atom is 0.164 e. The lowest BCUT2D eigenvalue weighted by atomic mass is 9.92. The van der Waals surface area contributed by atoms with E-state index in [0.717, 1.165) is 37.8 Å². The Labute approximate surface area is 97.7 Å². The molecule has 88 valence electrons. The monoisotopic (exact) mass is 219 g/mol. The third kappa shape index (κ3) is 2.37. The molecule has 16 heavy (non-hydrogen) atoms. The Morgan fingerprint density at radius 3 is 2.75 bits per heavy atom. The molecule has 0 aromatic carbocycles. The first-order valence-corrected chi connectivity index (χ1v) is 6.18. The standard InChI is InChI=1S/C14H21NO/c1-14(2,3)8-10-15-9-7-11-12(15)5-4-6-13(11)16/h7,9H,4-6,8,10H2,1-3H3. The van der Waals surface area contributed by atoms with Crippen molar-refractivity contribution in [3.8, 4) is 0 Å². The number of aryl methyl sites for hydroxylation is 1. The molecule has 0 atom stereocenters. The second-order valence-electron chi connectivity index (χ2n) is 5.96. The third-order valence-electron chi connectivity index (χ3n) is 3.30. The van der Waals surface area contributed by atoms with Crippen molar-refractivity contribution >= 4 is 5.78 Å². The number of hydrogen-bond acceptors (Lipinski definition) is 1. The number of Topliss-reactive ketones (excluding diaryl/α,β-unsaturated/α-hetero) is 1. The van der Waals surface area contributed by atoms with Gasteiger partial charge in [-0.2, -0.15) is 0 Å². The van der Waals surface area contributed by atoms with Gasteiger partial charge in [0.15, 0.2) is 5.78 Å². The molecule has 0 saturated heterocycles. The molecule has 2 rings (SSSR count). The molecule has 0 saturated carbocycles. The molecule has 0 radical (unpaired) electrons. The van der Waals surface area contributed by atoms with E-state index in [1.165, 1.54) is 5.69 Å². The van der Waals surface area contributed by atoms with Crippen LogP contribution in [0.2, 0.25) is 0 Å². The minimum absolute atomic E-state index is 0.329. The van der Waals surface area contributed by atoms with Crippen LogP contribution in [-0.4, -0.2) is 10.4 Å². The molecular formula is C14H21NO. The van der Waals surface area contributed by atoms with Crippen molar-refractivity contribution < 1.29 is 4.79 Å². The number of carbonyl (C=O) groups is 1. The summed E-state index contributed by atoms with van der Waals surface area (Å²) in [6.45, 7) is 7.81. The molecule has 1 aliphatic carbocycles. The topological polar surface area (TPSA) is 22.0 Å². The fourth-order valence-electron chi connectivity index (χ4n) is 2.25. The second-order valence-corrected chi connectivity index (χ2v) is 5.96. The van der Waals surface area contributed by atoms with Crippen LogP contribution in [0.5, 0.6) is 0 Å². The van der Waals surface area contributed by atoms with Gasteiger partial charge in [-0.05, 0) is 30.7 Å². The minimum Gasteiger partial charge on any atom is -0.351 e. The van der Waals surface area contributed by atoms with E-state index in [-0.39, 0.29) is 0 Å². The van der Waals surface area contributed by atoms with E-state index < -0.39 is 0 Å². The molecule has 0 amide bonds. The highest BCUT2D eigenvalue weighted by atomic mass is 16.1. The Hall–Kier alpha value is -1.05. The predicted octanol–water partition coefficient (Wildman–Crippen LogP) is 3.44. The largest absolute Gasteiger partial charge is 0.351 e. The van der Waals surface area contributed by atoms with E-state index in [1.54, 1.807) is 0 Å². The van der Waals surface area contributed by atoms with Crippen molar-refractivity contribution in [2.75, 3.05) is 0 Å². The fourth-order valence-corrected chi connectivity index (χ4v) is 2.25. The highest BCUT2D eigenvalue weighted by Gasteiger charge is 2.21. The van der Waals surface area contributed by atoms with Gasteiger partial charge in [0, 0.05) is 30.4 Å². The zero-order chi connectivity index (χ0) is 11.8. The Kier molecular flexibility index (Phi) is 2.92. The Morgan fingerprint density at radius 1 is 1.31 bits per heavy atom. The van der Waals surface area contributed by atoms with Gasteiger partial charge >= 0.3 is 0 Å². The molecule has 1 aromatic heterocycles. The second kappa shape index (κ2) is 4.08. The summed E-state index contributed by atoms with van der Waals surface area (Å²) < 4.78 is 2.28. The summed E-state index contributed by atoms with van der Waals surface area (Å²) in [7, 11) is 0. The number of nitrogens with zero attached hydrogens (tertiary/aromatic N) is 1. The van der Waals surface area contributed by atoms with Crippen LogP contribution in [0.4, 0.5) is 0 Å². The molecule has 0 spiro atoms. The van der Waals surface area contributed by atoms with Gasteiger partial charge in [-0.1, -0.05) is 20.8 Å². The van der Waals surface area contributed by atoms with Gasteiger partial charge in [0.25, 0.3) is 0 Å². The highest BCUT2D eigenvalue weighted by Crippen LogP contribution is 2.25. The lowest BCUT2D eigenvalue weighted by Crippen LogP contribution is -2.15. The Bertz CT molecular complexity index is 395. The summed E-state index contributed by atoms with van der Waals surface area (Å²) in [5, 5.41) is 0. The number of hydrogen-bond donors (Lipinski definition) is 0. The smallest absolute Gasteiger partial charge is 0.164 e. The number of aromatic nitrogens is 1. The van der Waals surface area contributed by atoms with E-state index in [2.05, 4.69) is 31.5 Å². The summed E-state index contributed by atoms with van der Waals surface area (Å²) >= 11 is 0. The summed E-state index contributed by atoms with van der Waals surface area (Å²) in [6.07, 6.45) is 6.06. The molecule has 2 heteroatoms. The van der Waals surface area contributed by atoms with Crippen molar-refractivity contribution in [3.63, 3.8) is 0 Å². The van der Waals surface area contributed by atoms with Gasteiger partial charge in [-0.25, -0.2) is 0 Å². The number of fused-ring (bicyclic) bond motifs is 1. The molecular weight excluding hydrogens is 198 g/mol. The molecule has 2 nitrogen and oxygen atoms in total. The number of rotatable bonds is 2. The van der Waals surface area contributed by atoms with Crippen LogP contribution in [0, 0.1) is 5.41 Å². The zero-order valence-electron chi connectivity index (χ0n) is 10.5. The first-order valence-electron chi connectivity index (χ1n) is 6.18. The average molecular weight is 219 g/mol. The van der Waals surface area contributed by atoms with Crippen LogP contribution >= 0.6 is 0 Å². The quantitative estimate of drug-likeness (QED) is 0.746. The van der Waals surface area contributed by atoms with Gasteiger partial charge in [0.05, 0.1) is 0 Å². The molecule has 0 bridgehead atoms. The molecule has 0 aliphatic heterocycles. The maximum atomic E-state index is 11.7. The first kappa shape index (κ1) is 11.4. The summed E-state index contributed by atoms with van der Waals surface area (Å²) in [6, 6.07) is 2.00. The maximum absolute atomic E-state index is 11.7. The van der Waals surface area contributed by atoms with E-state index in [0.29, 0.717) is 11.2 Å². The molecule has 0 fully saturated rings. The first-order chi connectivity index (χ1) is 7.47. The van der Waals surface area contributed by atoms with Crippen LogP contribution in [0.1, 0.15) is 56.1 Å². The van der Waals surface area contributed by atoms with Crippen LogP contribution in [0.3, 0.4) is 0 Å². The van der Waals surface area contributed by atoms with Crippen molar-refractivity contribution in [2.45, 2.75) is 53.0 Å². The predicted molar refractivity (Wildman–Crippen MR) is 65.8 cm³/mol. The summed E-state index contributed by atoms with van der Waals surface area (Å²) in [5.41, 5.74) is 2.59. The summed E-state index contributed by atoms with van der Waals surface area (Å²) in [4.78, 5) is 11.7. The lowest BCUT2D eigenvalue weighted by Gasteiger charge is -2.20. The van der Waals surface area contributed by atoms with Crippen molar-refractivity contribution in [2.24, 2.45) is 5.41 Å². The number of carbonyl (C=O) groups excluding carboxylic acids is 1. The van der Waals surface area contributed by atoms with Crippen LogP contribution < -0.4 is 0 Å². The Balaban J connectivity index is 2.14. The van der Waals surface area contributed by atoms with Crippen molar-refractivity contribution in [1.82, 2.24) is 4.57 Å². The van der Waals surface area contributed by atoms with Gasteiger partial charge in [0.1, 0.15) is 0 Å². The average Bonchev–Trinajstić information content (AvgIpc) is 2.58. The molecule has 0 N–H and O–H groups in total. The normalized spacial score (nSPS) is 16.3. The minimum atomic E-state index is 0.329.